The zero-order valence-corrected chi connectivity index (χ0v) is 14.0. The van der Waals surface area contributed by atoms with E-state index in [1.165, 1.54) is 35.0 Å². The van der Waals surface area contributed by atoms with Crippen LogP contribution in [0.25, 0.3) is 0 Å². The smallest absolute Gasteiger partial charge is 0.246 e. The van der Waals surface area contributed by atoms with Gasteiger partial charge in [-0.15, -0.1) is 11.3 Å². The van der Waals surface area contributed by atoms with Crippen molar-refractivity contribution in [2.24, 2.45) is 0 Å². The Hall–Kier alpha value is -1.22. The number of nitrogens with zero attached hydrogens (tertiary/aromatic N) is 3. The molecular formula is C12H15ClN4O2S2. The minimum Gasteiger partial charge on any atom is -0.383 e. The summed E-state index contributed by atoms with van der Waals surface area (Å²) in [6.45, 7) is 2.20. The highest BCUT2D eigenvalue weighted by Gasteiger charge is 2.25. The number of thiazole rings is 1. The minimum absolute atomic E-state index is 0.0698. The summed E-state index contributed by atoms with van der Waals surface area (Å²) in [6, 6.07) is 1.30. The van der Waals surface area contributed by atoms with Crippen LogP contribution in [0.1, 0.15) is 16.8 Å². The SMILES string of the molecule is CCc1cnc(CN(C)S(=O)(=O)c2cc(Cl)cnc2N)s1. The number of aryl methyl sites for hydroxylation is 1. The number of hydrogen-bond acceptors (Lipinski definition) is 6. The summed E-state index contributed by atoms with van der Waals surface area (Å²) in [5.41, 5.74) is 5.64. The number of aromatic nitrogens is 2. The van der Waals surface area contributed by atoms with Crippen LogP contribution in [0.2, 0.25) is 5.02 Å². The van der Waals surface area contributed by atoms with Crippen molar-refractivity contribution in [3.8, 4) is 0 Å². The van der Waals surface area contributed by atoms with Crippen LogP contribution in [0, 0.1) is 0 Å². The van der Waals surface area contributed by atoms with E-state index >= 15 is 0 Å². The second kappa shape index (κ2) is 6.27. The van der Waals surface area contributed by atoms with E-state index in [9.17, 15) is 8.42 Å². The van der Waals surface area contributed by atoms with Crippen molar-refractivity contribution in [1.29, 1.82) is 0 Å². The first kappa shape index (κ1) is 16.2. The van der Waals surface area contributed by atoms with Crippen LogP contribution in [0.15, 0.2) is 23.4 Å². The highest BCUT2D eigenvalue weighted by molar-refractivity contribution is 7.89. The van der Waals surface area contributed by atoms with Crippen LogP contribution in [0.5, 0.6) is 0 Å². The van der Waals surface area contributed by atoms with Gasteiger partial charge in [-0.3, -0.25) is 0 Å². The van der Waals surface area contributed by atoms with Crippen LogP contribution in [-0.2, 0) is 23.0 Å². The molecule has 2 rings (SSSR count). The Kier molecular flexibility index (Phi) is 4.82. The third-order valence-electron chi connectivity index (χ3n) is 2.84. The molecule has 0 aromatic carbocycles. The first-order valence-corrected chi connectivity index (χ1v) is 8.79. The third-order valence-corrected chi connectivity index (χ3v) is 6.01. The molecule has 2 N–H and O–H groups in total. The standard InChI is InChI=1S/C12H15ClN4O2S2/c1-3-9-6-15-11(20-9)7-17(2)21(18,19)10-4-8(13)5-16-12(10)14/h4-6H,3,7H2,1-2H3,(H2,14,16). The van der Waals surface area contributed by atoms with Gasteiger partial charge in [0.05, 0.1) is 11.6 Å². The first-order valence-electron chi connectivity index (χ1n) is 6.15. The Morgan fingerprint density at radius 2 is 2.10 bits per heavy atom. The zero-order valence-electron chi connectivity index (χ0n) is 11.6. The average molecular weight is 347 g/mol. The maximum Gasteiger partial charge on any atom is 0.246 e. The number of sulfonamides is 1. The quantitative estimate of drug-likeness (QED) is 0.896. The Balaban J connectivity index is 2.28. The summed E-state index contributed by atoms with van der Waals surface area (Å²) in [4.78, 5) is 9.01. The van der Waals surface area contributed by atoms with E-state index in [2.05, 4.69) is 9.97 Å². The van der Waals surface area contributed by atoms with Gasteiger partial charge in [0, 0.05) is 24.3 Å². The van der Waals surface area contributed by atoms with Crippen LogP contribution in [0.3, 0.4) is 0 Å². The Morgan fingerprint density at radius 1 is 1.38 bits per heavy atom. The monoisotopic (exact) mass is 346 g/mol. The van der Waals surface area contributed by atoms with E-state index < -0.39 is 10.0 Å². The normalized spacial score (nSPS) is 12.0. The van der Waals surface area contributed by atoms with E-state index in [4.69, 9.17) is 17.3 Å². The van der Waals surface area contributed by atoms with Crippen LogP contribution in [-0.4, -0.2) is 29.7 Å². The maximum absolute atomic E-state index is 12.5. The molecule has 6 nitrogen and oxygen atoms in total. The molecule has 0 spiro atoms. The summed E-state index contributed by atoms with van der Waals surface area (Å²) < 4.78 is 26.2. The highest BCUT2D eigenvalue weighted by Crippen LogP contribution is 2.25. The number of rotatable bonds is 5. The fourth-order valence-corrected chi connectivity index (χ4v) is 4.11. The van der Waals surface area contributed by atoms with Gasteiger partial charge in [0.2, 0.25) is 10.0 Å². The van der Waals surface area contributed by atoms with Gasteiger partial charge in [-0.05, 0) is 12.5 Å². The Bertz CT molecular complexity index is 745. The molecule has 9 heteroatoms. The second-order valence-electron chi connectivity index (χ2n) is 4.37. The van der Waals surface area contributed by atoms with Crippen molar-refractivity contribution >= 4 is 38.8 Å². The van der Waals surface area contributed by atoms with Crippen molar-refractivity contribution in [3.05, 3.63) is 33.4 Å². The van der Waals surface area contributed by atoms with E-state index in [0.29, 0.717) is 0 Å². The maximum atomic E-state index is 12.5. The van der Waals surface area contributed by atoms with Crippen molar-refractivity contribution in [2.45, 2.75) is 24.8 Å². The molecule has 0 unspecified atom stereocenters. The summed E-state index contributed by atoms with van der Waals surface area (Å²) in [7, 11) is -2.28. The van der Waals surface area contributed by atoms with Gasteiger partial charge in [0.1, 0.15) is 15.7 Å². The van der Waals surface area contributed by atoms with Gasteiger partial charge >= 0.3 is 0 Å². The van der Waals surface area contributed by atoms with Crippen LogP contribution >= 0.6 is 22.9 Å². The van der Waals surface area contributed by atoms with Gasteiger partial charge in [-0.25, -0.2) is 18.4 Å². The predicted octanol–water partition coefficient (Wildman–Crippen LogP) is 2.16. The molecule has 0 aliphatic carbocycles. The molecule has 0 atom stereocenters. The molecule has 2 aromatic heterocycles. The summed E-state index contributed by atoms with van der Waals surface area (Å²) in [5.74, 6) is -0.0698. The first-order chi connectivity index (χ1) is 9.84. The minimum atomic E-state index is -3.76. The van der Waals surface area contributed by atoms with Crippen LogP contribution < -0.4 is 5.73 Å². The zero-order chi connectivity index (χ0) is 15.6. The lowest BCUT2D eigenvalue weighted by atomic mass is 10.4. The molecule has 2 heterocycles. The number of nitrogens with two attached hydrogens (primary N) is 1. The summed E-state index contributed by atoms with van der Waals surface area (Å²) in [5, 5.41) is 0.949. The molecule has 0 bridgehead atoms. The lowest BCUT2D eigenvalue weighted by Crippen LogP contribution is -2.27. The molecular weight excluding hydrogens is 332 g/mol. The van der Waals surface area contributed by atoms with Crippen molar-refractivity contribution in [2.75, 3.05) is 12.8 Å². The van der Waals surface area contributed by atoms with Crippen LogP contribution in [0.4, 0.5) is 5.82 Å². The Morgan fingerprint density at radius 3 is 2.71 bits per heavy atom. The lowest BCUT2D eigenvalue weighted by Gasteiger charge is -2.16. The average Bonchev–Trinajstić information content (AvgIpc) is 2.89. The van der Waals surface area contributed by atoms with E-state index in [1.54, 1.807) is 6.20 Å². The molecule has 114 valence electrons. The molecule has 2 aromatic rings. The molecule has 0 aliphatic heterocycles. The Labute approximate surface area is 132 Å². The van der Waals surface area contributed by atoms with E-state index in [1.807, 2.05) is 6.92 Å². The van der Waals surface area contributed by atoms with Crippen molar-refractivity contribution in [1.82, 2.24) is 14.3 Å². The topological polar surface area (TPSA) is 89.2 Å². The largest absolute Gasteiger partial charge is 0.383 e. The lowest BCUT2D eigenvalue weighted by molar-refractivity contribution is 0.466. The number of anilines is 1. The number of pyridine rings is 1. The molecule has 0 fully saturated rings. The summed E-state index contributed by atoms with van der Waals surface area (Å²) >= 11 is 7.29. The van der Waals surface area contributed by atoms with Gasteiger partial charge < -0.3 is 5.73 Å². The van der Waals surface area contributed by atoms with Gasteiger partial charge in [-0.2, -0.15) is 4.31 Å². The fourth-order valence-electron chi connectivity index (χ4n) is 1.67. The molecule has 0 saturated carbocycles. The number of halogens is 1. The predicted molar refractivity (Wildman–Crippen MR) is 83.8 cm³/mol. The van der Waals surface area contributed by atoms with E-state index in [0.717, 1.165) is 16.3 Å². The van der Waals surface area contributed by atoms with Gasteiger partial charge in [0.25, 0.3) is 0 Å². The highest BCUT2D eigenvalue weighted by atomic mass is 35.5. The molecule has 0 saturated heterocycles. The van der Waals surface area contributed by atoms with E-state index in [-0.39, 0.29) is 22.3 Å². The van der Waals surface area contributed by atoms with Crippen molar-refractivity contribution in [3.63, 3.8) is 0 Å². The number of hydrogen-bond donors (Lipinski definition) is 1. The second-order valence-corrected chi connectivity index (χ2v) is 8.02. The van der Waals surface area contributed by atoms with Gasteiger partial charge in [-0.1, -0.05) is 18.5 Å². The summed E-state index contributed by atoms with van der Waals surface area (Å²) in [6.07, 6.45) is 3.94. The molecule has 0 aliphatic rings. The fraction of sp³-hybridized carbons (Fsp3) is 0.333. The molecule has 21 heavy (non-hydrogen) atoms. The molecule has 0 radical (unpaired) electrons. The van der Waals surface area contributed by atoms with Crippen molar-refractivity contribution < 1.29 is 8.42 Å². The molecule has 0 amide bonds. The van der Waals surface area contributed by atoms with Gasteiger partial charge in [0.15, 0.2) is 0 Å². The number of nitrogen functional groups attached to an aromatic ring is 1. The third kappa shape index (κ3) is 3.52.